The second-order valence-electron chi connectivity index (χ2n) is 2.82. The van der Waals surface area contributed by atoms with Crippen molar-refractivity contribution in [2.75, 3.05) is 12.3 Å². The molecule has 0 radical (unpaired) electrons. The highest BCUT2D eigenvalue weighted by atomic mass is 32.1. The molecule has 0 saturated carbocycles. The minimum atomic E-state index is -0.0815. The SMILES string of the molecule is C/C=C/CCNC(=O)c1sccc1N. The lowest BCUT2D eigenvalue weighted by Crippen LogP contribution is -2.23. The summed E-state index contributed by atoms with van der Waals surface area (Å²) in [5.41, 5.74) is 6.16. The summed E-state index contributed by atoms with van der Waals surface area (Å²) in [4.78, 5) is 12.1. The van der Waals surface area contributed by atoms with Gasteiger partial charge in [-0.1, -0.05) is 12.2 Å². The second kappa shape index (κ2) is 5.44. The average molecular weight is 210 g/mol. The number of allylic oxidation sites excluding steroid dienone is 1. The summed E-state index contributed by atoms with van der Waals surface area (Å²) in [5, 5.41) is 4.62. The molecule has 0 spiro atoms. The van der Waals surface area contributed by atoms with Gasteiger partial charge in [-0.15, -0.1) is 11.3 Å². The highest BCUT2D eigenvalue weighted by Crippen LogP contribution is 2.17. The summed E-state index contributed by atoms with van der Waals surface area (Å²) in [6.45, 7) is 2.61. The molecule has 3 N–H and O–H groups in total. The molecule has 0 aliphatic heterocycles. The lowest BCUT2D eigenvalue weighted by Gasteiger charge is -2.01. The number of nitrogens with two attached hydrogens (primary N) is 1. The quantitative estimate of drug-likeness (QED) is 0.590. The summed E-state index contributed by atoms with van der Waals surface area (Å²) in [6, 6.07) is 1.74. The molecule has 0 unspecified atom stereocenters. The monoisotopic (exact) mass is 210 g/mol. The Morgan fingerprint density at radius 3 is 3.07 bits per heavy atom. The lowest BCUT2D eigenvalue weighted by molar-refractivity contribution is 0.0959. The first kappa shape index (κ1) is 10.8. The van der Waals surface area contributed by atoms with Crippen LogP contribution in [0.2, 0.25) is 0 Å². The molecule has 1 aromatic heterocycles. The Morgan fingerprint density at radius 1 is 1.71 bits per heavy atom. The molecule has 0 aliphatic rings. The molecule has 0 aromatic carbocycles. The molecule has 0 bridgehead atoms. The van der Waals surface area contributed by atoms with Crippen molar-refractivity contribution in [3.05, 3.63) is 28.5 Å². The van der Waals surface area contributed by atoms with Crippen molar-refractivity contribution in [2.24, 2.45) is 0 Å². The zero-order valence-electron chi connectivity index (χ0n) is 8.12. The smallest absolute Gasteiger partial charge is 0.263 e. The Labute approximate surface area is 87.6 Å². The maximum absolute atomic E-state index is 11.5. The summed E-state index contributed by atoms with van der Waals surface area (Å²) in [6.07, 6.45) is 4.83. The van der Waals surface area contributed by atoms with E-state index in [9.17, 15) is 4.79 Å². The van der Waals surface area contributed by atoms with Gasteiger partial charge in [-0.3, -0.25) is 4.79 Å². The maximum atomic E-state index is 11.5. The molecule has 3 nitrogen and oxygen atoms in total. The molecule has 1 aromatic rings. The van der Waals surface area contributed by atoms with Gasteiger partial charge in [0.25, 0.3) is 5.91 Å². The number of thiophene rings is 1. The van der Waals surface area contributed by atoms with E-state index in [0.29, 0.717) is 17.1 Å². The third kappa shape index (κ3) is 2.88. The molecule has 4 heteroatoms. The first-order valence-electron chi connectivity index (χ1n) is 4.48. The molecule has 0 aliphatic carbocycles. The molecule has 0 atom stereocenters. The largest absolute Gasteiger partial charge is 0.397 e. The zero-order chi connectivity index (χ0) is 10.4. The van der Waals surface area contributed by atoms with Gasteiger partial charge in [0, 0.05) is 6.54 Å². The predicted molar refractivity (Wildman–Crippen MR) is 60.5 cm³/mol. The Kier molecular flexibility index (Phi) is 4.19. The number of anilines is 1. The molecular formula is C10H14N2OS. The summed E-state index contributed by atoms with van der Waals surface area (Å²) >= 11 is 1.37. The van der Waals surface area contributed by atoms with Gasteiger partial charge >= 0.3 is 0 Å². The number of amides is 1. The molecule has 14 heavy (non-hydrogen) atoms. The molecule has 0 saturated heterocycles. The van der Waals surface area contributed by atoms with Crippen molar-refractivity contribution in [3.8, 4) is 0 Å². The summed E-state index contributed by atoms with van der Waals surface area (Å²) in [5.74, 6) is -0.0815. The molecule has 1 amide bonds. The predicted octanol–water partition coefficient (Wildman–Crippen LogP) is 2.03. The second-order valence-corrected chi connectivity index (χ2v) is 3.73. The fraction of sp³-hybridized carbons (Fsp3) is 0.300. The van der Waals surface area contributed by atoms with Crippen LogP contribution in [0.3, 0.4) is 0 Å². The van der Waals surface area contributed by atoms with E-state index in [-0.39, 0.29) is 5.91 Å². The van der Waals surface area contributed by atoms with E-state index < -0.39 is 0 Å². The van der Waals surface area contributed by atoms with E-state index in [1.165, 1.54) is 11.3 Å². The fourth-order valence-corrected chi connectivity index (χ4v) is 1.75. The third-order valence-electron chi connectivity index (χ3n) is 1.73. The Hall–Kier alpha value is -1.29. The minimum Gasteiger partial charge on any atom is -0.397 e. The van der Waals surface area contributed by atoms with Gasteiger partial charge in [-0.2, -0.15) is 0 Å². The Morgan fingerprint density at radius 2 is 2.50 bits per heavy atom. The van der Waals surface area contributed by atoms with Gasteiger partial charge in [0.15, 0.2) is 0 Å². The first-order valence-corrected chi connectivity index (χ1v) is 5.36. The summed E-state index contributed by atoms with van der Waals surface area (Å²) < 4.78 is 0. The van der Waals surface area contributed by atoms with E-state index >= 15 is 0 Å². The van der Waals surface area contributed by atoms with Gasteiger partial charge < -0.3 is 11.1 Å². The number of hydrogen-bond acceptors (Lipinski definition) is 3. The highest BCUT2D eigenvalue weighted by Gasteiger charge is 2.09. The first-order chi connectivity index (χ1) is 6.75. The number of hydrogen-bond donors (Lipinski definition) is 2. The normalized spacial score (nSPS) is 10.6. The van der Waals surface area contributed by atoms with E-state index in [0.717, 1.165) is 6.42 Å². The van der Waals surface area contributed by atoms with Crippen molar-refractivity contribution in [1.29, 1.82) is 0 Å². The highest BCUT2D eigenvalue weighted by molar-refractivity contribution is 7.12. The molecule has 1 rings (SSSR count). The molecule has 1 heterocycles. The zero-order valence-corrected chi connectivity index (χ0v) is 8.93. The number of nitrogens with one attached hydrogen (secondary N) is 1. The molecule has 0 fully saturated rings. The standard InChI is InChI=1S/C10H14N2OS/c1-2-3-4-6-12-10(13)9-8(11)5-7-14-9/h2-3,5,7H,4,6,11H2,1H3,(H,12,13)/b3-2+. The van der Waals surface area contributed by atoms with Crippen LogP contribution >= 0.6 is 11.3 Å². The molecule has 76 valence electrons. The lowest BCUT2D eigenvalue weighted by atomic mass is 10.3. The number of carbonyl (C=O) groups is 1. The van der Waals surface area contributed by atoms with E-state index in [2.05, 4.69) is 5.32 Å². The van der Waals surface area contributed by atoms with Crippen LogP contribution in [0.1, 0.15) is 23.0 Å². The van der Waals surface area contributed by atoms with Crippen LogP contribution in [0.25, 0.3) is 0 Å². The van der Waals surface area contributed by atoms with Crippen LogP contribution in [0.5, 0.6) is 0 Å². The number of nitrogen functional groups attached to an aromatic ring is 1. The minimum absolute atomic E-state index is 0.0815. The van der Waals surface area contributed by atoms with Crippen molar-refractivity contribution in [3.63, 3.8) is 0 Å². The van der Waals surface area contributed by atoms with Crippen LogP contribution in [-0.2, 0) is 0 Å². The van der Waals surface area contributed by atoms with Gasteiger partial charge in [0.05, 0.1) is 5.69 Å². The number of rotatable bonds is 4. The summed E-state index contributed by atoms with van der Waals surface area (Å²) in [7, 11) is 0. The Balaban J connectivity index is 2.40. The van der Waals surface area contributed by atoms with Crippen LogP contribution < -0.4 is 11.1 Å². The Bertz CT molecular complexity index is 331. The maximum Gasteiger partial charge on any atom is 0.263 e. The van der Waals surface area contributed by atoms with Crippen molar-refractivity contribution < 1.29 is 4.79 Å². The molecular weight excluding hydrogens is 196 g/mol. The van der Waals surface area contributed by atoms with Crippen LogP contribution in [0, 0.1) is 0 Å². The number of carbonyl (C=O) groups excluding carboxylic acids is 1. The fourth-order valence-electron chi connectivity index (χ4n) is 1.02. The van der Waals surface area contributed by atoms with Crippen LogP contribution in [0.4, 0.5) is 5.69 Å². The topological polar surface area (TPSA) is 55.1 Å². The van der Waals surface area contributed by atoms with E-state index in [1.807, 2.05) is 24.5 Å². The van der Waals surface area contributed by atoms with Gasteiger partial charge in [0.1, 0.15) is 4.88 Å². The van der Waals surface area contributed by atoms with Gasteiger partial charge in [0.2, 0.25) is 0 Å². The van der Waals surface area contributed by atoms with E-state index in [4.69, 9.17) is 5.73 Å². The van der Waals surface area contributed by atoms with Crippen molar-refractivity contribution >= 4 is 22.9 Å². The van der Waals surface area contributed by atoms with Crippen molar-refractivity contribution in [2.45, 2.75) is 13.3 Å². The van der Waals surface area contributed by atoms with Crippen molar-refractivity contribution in [1.82, 2.24) is 5.32 Å². The average Bonchev–Trinajstić information content (AvgIpc) is 2.59. The third-order valence-corrected chi connectivity index (χ3v) is 2.66. The van der Waals surface area contributed by atoms with Crippen LogP contribution in [-0.4, -0.2) is 12.5 Å². The van der Waals surface area contributed by atoms with Gasteiger partial charge in [-0.25, -0.2) is 0 Å². The van der Waals surface area contributed by atoms with Gasteiger partial charge in [-0.05, 0) is 24.8 Å². The van der Waals surface area contributed by atoms with Crippen LogP contribution in [0.15, 0.2) is 23.6 Å². The van der Waals surface area contributed by atoms with E-state index in [1.54, 1.807) is 6.07 Å².